The Bertz CT molecular complexity index is 105. The van der Waals surface area contributed by atoms with Crippen LogP contribution in [0.15, 0.2) is 0 Å². The standard InChI is InChI=1S/C10H21N/c1-4-5-6-10(3)11-7-9(2)8-11/h9-10H,4-8H2,1-3H3. The molecule has 0 spiro atoms. The van der Waals surface area contributed by atoms with Gasteiger partial charge in [-0.3, -0.25) is 0 Å². The summed E-state index contributed by atoms with van der Waals surface area (Å²) >= 11 is 0. The Morgan fingerprint density at radius 2 is 2.09 bits per heavy atom. The van der Waals surface area contributed by atoms with Crippen molar-refractivity contribution in [2.45, 2.75) is 46.1 Å². The molecule has 1 unspecified atom stereocenters. The summed E-state index contributed by atoms with van der Waals surface area (Å²) < 4.78 is 0. The highest BCUT2D eigenvalue weighted by molar-refractivity contribution is 4.80. The third-order valence-electron chi connectivity index (χ3n) is 2.69. The summed E-state index contributed by atoms with van der Waals surface area (Å²) in [4.78, 5) is 2.60. The Morgan fingerprint density at radius 1 is 1.45 bits per heavy atom. The van der Waals surface area contributed by atoms with Crippen molar-refractivity contribution in [3.8, 4) is 0 Å². The first-order valence-corrected chi connectivity index (χ1v) is 4.98. The molecule has 1 rings (SSSR count). The molecular formula is C10H21N. The smallest absolute Gasteiger partial charge is 0.00671 e. The Balaban J connectivity index is 2.06. The van der Waals surface area contributed by atoms with E-state index in [0.29, 0.717) is 0 Å². The third-order valence-corrected chi connectivity index (χ3v) is 2.69. The topological polar surface area (TPSA) is 3.24 Å². The average molecular weight is 155 g/mol. The highest BCUT2D eigenvalue weighted by atomic mass is 15.2. The number of hydrogen-bond donors (Lipinski definition) is 0. The molecule has 0 aromatic carbocycles. The second-order valence-electron chi connectivity index (χ2n) is 4.05. The maximum Gasteiger partial charge on any atom is 0.00671 e. The molecule has 0 saturated carbocycles. The predicted molar refractivity (Wildman–Crippen MR) is 49.7 cm³/mol. The second kappa shape index (κ2) is 4.10. The van der Waals surface area contributed by atoms with E-state index in [-0.39, 0.29) is 0 Å². The molecule has 1 heteroatoms. The fourth-order valence-electron chi connectivity index (χ4n) is 1.79. The minimum atomic E-state index is 0.839. The zero-order valence-electron chi connectivity index (χ0n) is 8.14. The first-order chi connectivity index (χ1) is 5.24. The van der Waals surface area contributed by atoms with Gasteiger partial charge in [-0.2, -0.15) is 0 Å². The van der Waals surface area contributed by atoms with Gasteiger partial charge in [-0.05, 0) is 19.3 Å². The van der Waals surface area contributed by atoms with Crippen LogP contribution in [0.3, 0.4) is 0 Å². The van der Waals surface area contributed by atoms with Gasteiger partial charge in [0.05, 0.1) is 0 Å². The van der Waals surface area contributed by atoms with Crippen LogP contribution in [0.2, 0.25) is 0 Å². The van der Waals surface area contributed by atoms with Crippen LogP contribution in [0, 0.1) is 5.92 Å². The Hall–Kier alpha value is -0.0400. The number of hydrogen-bond acceptors (Lipinski definition) is 1. The Labute approximate surface area is 70.8 Å². The summed E-state index contributed by atoms with van der Waals surface area (Å²) in [6.45, 7) is 9.64. The lowest BCUT2D eigenvalue weighted by molar-refractivity contribution is 0.0655. The number of nitrogens with zero attached hydrogens (tertiary/aromatic N) is 1. The van der Waals surface area contributed by atoms with E-state index in [9.17, 15) is 0 Å². The zero-order valence-corrected chi connectivity index (χ0v) is 8.14. The van der Waals surface area contributed by atoms with Crippen LogP contribution in [0.1, 0.15) is 40.0 Å². The van der Waals surface area contributed by atoms with Crippen molar-refractivity contribution in [3.05, 3.63) is 0 Å². The first kappa shape index (κ1) is 9.05. The summed E-state index contributed by atoms with van der Waals surface area (Å²) in [7, 11) is 0. The molecule has 0 aromatic rings. The van der Waals surface area contributed by atoms with Gasteiger partial charge in [0.25, 0.3) is 0 Å². The van der Waals surface area contributed by atoms with E-state index in [1.54, 1.807) is 0 Å². The van der Waals surface area contributed by atoms with Gasteiger partial charge in [0.15, 0.2) is 0 Å². The highest BCUT2D eigenvalue weighted by Gasteiger charge is 2.25. The maximum absolute atomic E-state index is 2.60. The molecule has 1 aliphatic rings. The van der Waals surface area contributed by atoms with Gasteiger partial charge in [0.1, 0.15) is 0 Å². The molecular weight excluding hydrogens is 134 g/mol. The van der Waals surface area contributed by atoms with Crippen molar-refractivity contribution in [3.63, 3.8) is 0 Å². The quantitative estimate of drug-likeness (QED) is 0.603. The minimum absolute atomic E-state index is 0.839. The molecule has 0 N–H and O–H groups in total. The van der Waals surface area contributed by atoms with Crippen LogP contribution >= 0.6 is 0 Å². The third kappa shape index (κ3) is 2.48. The summed E-state index contributed by atoms with van der Waals surface area (Å²) in [6.07, 6.45) is 4.13. The number of rotatable bonds is 4. The summed E-state index contributed by atoms with van der Waals surface area (Å²) in [5.41, 5.74) is 0. The largest absolute Gasteiger partial charge is 0.300 e. The molecule has 1 atom stereocenters. The van der Waals surface area contributed by atoms with Gasteiger partial charge in [-0.15, -0.1) is 0 Å². The van der Waals surface area contributed by atoms with Gasteiger partial charge in [0.2, 0.25) is 0 Å². The average Bonchev–Trinajstić information content (AvgIpc) is 1.94. The predicted octanol–water partition coefficient (Wildman–Crippen LogP) is 2.52. The van der Waals surface area contributed by atoms with E-state index < -0.39 is 0 Å². The molecule has 0 bridgehead atoms. The van der Waals surface area contributed by atoms with Crippen molar-refractivity contribution >= 4 is 0 Å². The SMILES string of the molecule is CCCCC(C)N1CC(C)C1. The van der Waals surface area contributed by atoms with E-state index in [4.69, 9.17) is 0 Å². The van der Waals surface area contributed by atoms with Crippen LogP contribution in [-0.4, -0.2) is 24.0 Å². The maximum atomic E-state index is 2.60. The van der Waals surface area contributed by atoms with E-state index in [1.807, 2.05) is 0 Å². The summed E-state index contributed by atoms with van der Waals surface area (Å²) in [5, 5.41) is 0. The van der Waals surface area contributed by atoms with Gasteiger partial charge in [-0.1, -0.05) is 26.7 Å². The lowest BCUT2D eigenvalue weighted by Crippen LogP contribution is -2.49. The van der Waals surface area contributed by atoms with E-state index in [2.05, 4.69) is 25.7 Å². The molecule has 0 aromatic heterocycles. The molecule has 11 heavy (non-hydrogen) atoms. The molecule has 0 aliphatic carbocycles. The van der Waals surface area contributed by atoms with Crippen LogP contribution in [0.25, 0.3) is 0 Å². The first-order valence-electron chi connectivity index (χ1n) is 4.98. The fourth-order valence-corrected chi connectivity index (χ4v) is 1.79. The van der Waals surface area contributed by atoms with Gasteiger partial charge >= 0.3 is 0 Å². The normalized spacial score (nSPS) is 23.2. The molecule has 1 fully saturated rings. The van der Waals surface area contributed by atoms with Crippen molar-refractivity contribution in [2.75, 3.05) is 13.1 Å². The van der Waals surface area contributed by atoms with E-state index in [1.165, 1.54) is 32.4 Å². The van der Waals surface area contributed by atoms with Gasteiger partial charge in [-0.25, -0.2) is 0 Å². The lowest BCUT2D eigenvalue weighted by Gasteiger charge is -2.41. The Morgan fingerprint density at radius 3 is 2.55 bits per heavy atom. The van der Waals surface area contributed by atoms with Crippen molar-refractivity contribution < 1.29 is 0 Å². The van der Waals surface area contributed by atoms with E-state index >= 15 is 0 Å². The van der Waals surface area contributed by atoms with Gasteiger partial charge in [0, 0.05) is 19.1 Å². The van der Waals surface area contributed by atoms with E-state index in [0.717, 1.165) is 12.0 Å². The van der Waals surface area contributed by atoms with Gasteiger partial charge < -0.3 is 4.90 Å². The molecule has 1 aliphatic heterocycles. The highest BCUT2D eigenvalue weighted by Crippen LogP contribution is 2.20. The molecule has 66 valence electrons. The van der Waals surface area contributed by atoms with Crippen LogP contribution < -0.4 is 0 Å². The van der Waals surface area contributed by atoms with Crippen molar-refractivity contribution in [2.24, 2.45) is 5.92 Å². The number of unbranched alkanes of at least 4 members (excludes halogenated alkanes) is 1. The summed E-state index contributed by atoms with van der Waals surface area (Å²) in [6, 6.07) is 0.839. The minimum Gasteiger partial charge on any atom is -0.300 e. The van der Waals surface area contributed by atoms with Crippen LogP contribution in [0.4, 0.5) is 0 Å². The number of likely N-dealkylation sites (tertiary alicyclic amines) is 1. The van der Waals surface area contributed by atoms with Crippen molar-refractivity contribution in [1.82, 2.24) is 4.90 Å². The van der Waals surface area contributed by atoms with Crippen molar-refractivity contribution in [1.29, 1.82) is 0 Å². The molecule has 1 nitrogen and oxygen atoms in total. The Kier molecular flexibility index (Phi) is 3.38. The van der Waals surface area contributed by atoms with Crippen LogP contribution in [-0.2, 0) is 0 Å². The zero-order chi connectivity index (χ0) is 8.27. The lowest BCUT2D eigenvalue weighted by atomic mass is 9.98. The fraction of sp³-hybridized carbons (Fsp3) is 1.00. The molecule has 1 saturated heterocycles. The molecule has 0 amide bonds. The molecule has 0 radical (unpaired) electrons. The summed E-state index contributed by atoms with van der Waals surface area (Å²) in [5.74, 6) is 0.957. The monoisotopic (exact) mass is 155 g/mol. The molecule has 1 heterocycles. The van der Waals surface area contributed by atoms with Crippen LogP contribution in [0.5, 0.6) is 0 Å². The second-order valence-corrected chi connectivity index (χ2v) is 4.05.